The van der Waals surface area contributed by atoms with Crippen LogP contribution in [0.1, 0.15) is 5.82 Å². The normalized spacial score (nSPS) is 10.8. The van der Waals surface area contributed by atoms with Gasteiger partial charge in [-0.3, -0.25) is 0 Å². The smallest absolute Gasteiger partial charge is 0.177 e. The zero-order chi connectivity index (χ0) is 11.0. The van der Waals surface area contributed by atoms with Gasteiger partial charge in [-0.2, -0.15) is 0 Å². The van der Waals surface area contributed by atoms with E-state index >= 15 is 0 Å². The van der Waals surface area contributed by atoms with Gasteiger partial charge in [0.1, 0.15) is 5.82 Å². The summed E-state index contributed by atoms with van der Waals surface area (Å²) >= 11 is 0. The second kappa shape index (κ2) is 3.45. The van der Waals surface area contributed by atoms with Gasteiger partial charge in [0.2, 0.25) is 0 Å². The van der Waals surface area contributed by atoms with E-state index in [2.05, 4.69) is 33.2 Å². The molecule has 0 atom stereocenters. The highest BCUT2D eigenvalue weighted by Crippen LogP contribution is 2.20. The van der Waals surface area contributed by atoms with Crippen LogP contribution in [-0.4, -0.2) is 15.0 Å². The molecule has 2 heterocycles. The number of fused-ring (bicyclic) bond motifs is 1. The van der Waals surface area contributed by atoms with Gasteiger partial charge in [0.05, 0.1) is 5.52 Å². The van der Waals surface area contributed by atoms with Crippen LogP contribution < -0.4 is 0 Å². The lowest BCUT2D eigenvalue weighted by atomic mass is 10.1. The van der Waals surface area contributed by atoms with E-state index in [-0.39, 0.29) is 0 Å². The topological polar surface area (TPSA) is 41.6 Å². The van der Waals surface area contributed by atoms with Gasteiger partial charge in [0.25, 0.3) is 0 Å². The average molecular weight is 209 g/mol. The summed E-state index contributed by atoms with van der Waals surface area (Å²) in [6, 6.07) is 12.3. The van der Waals surface area contributed by atoms with E-state index in [1.54, 1.807) is 0 Å². The zero-order valence-corrected chi connectivity index (χ0v) is 8.94. The van der Waals surface area contributed by atoms with Crippen LogP contribution in [0.25, 0.3) is 22.3 Å². The second-order valence-corrected chi connectivity index (χ2v) is 3.78. The third-order valence-corrected chi connectivity index (χ3v) is 2.56. The molecule has 1 aromatic carbocycles. The number of aromatic nitrogens is 3. The highest BCUT2D eigenvalue weighted by atomic mass is 15.0. The number of benzene rings is 1. The van der Waals surface area contributed by atoms with E-state index in [0.29, 0.717) is 0 Å². The van der Waals surface area contributed by atoms with E-state index in [9.17, 15) is 0 Å². The number of hydrogen-bond acceptors (Lipinski definition) is 2. The van der Waals surface area contributed by atoms with Crippen molar-refractivity contribution < 1.29 is 0 Å². The number of nitrogens with one attached hydrogen (secondary N) is 1. The third-order valence-electron chi connectivity index (χ3n) is 2.56. The summed E-state index contributed by atoms with van der Waals surface area (Å²) in [5.74, 6) is 0.896. The number of nitrogens with zero attached hydrogens (tertiary/aromatic N) is 2. The van der Waals surface area contributed by atoms with Crippen LogP contribution in [0, 0.1) is 6.92 Å². The summed E-state index contributed by atoms with van der Waals surface area (Å²) in [7, 11) is 0. The largest absolute Gasteiger partial charge is 0.341 e. The Morgan fingerprint density at radius 2 is 1.88 bits per heavy atom. The average Bonchev–Trinajstić information content (AvgIpc) is 2.69. The van der Waals surface area contributed by atoms with Crippen molar-refractivity contribution in [3.63, 3.8) is 0 Å². The first-order valence-electron chi connectivity index (χ1n) is 5.21. The van der Waals surface area contributed by atoms with Gasteiger partial charge in [-0.15, -0.1) is 0 Å². The minimum atomic E-state index is 0.775. The minimum Gasteiger partial charge on any atom is -0.341 e. The number of aromatic amines is 1. The van der Waals surface area contributed by atoms with E-state index in [1.165, 1.54) is 5.56 Å². The molecule has 3 heteroatoms. The fraction of sp³-hybridized carbons (Fsp3) is 0.0769. The molecule has 0 aliphatic rings. The van der Waals surface area contributed by atoms with E-state index in [0.717, 1.165) is 22.6 Å². The molecule has 2 aromatic heterocycles. The summed E-state index contributed by atoms with van der Waals surface area (Å²) in [4.78, 5) is 11.8. The molecule has 16 heavy (non-hydrogen) atoms. The van der Waals surface area contributed by atoms with Crippen LogP contribution in [0.15, 0.2) is 42.6 Å². The van der Waals surface area contributed by atoms with Gasteiger partial charge in [0.15, 0.2) is 5.65 Å². The zero-order valence-electron chi connectivity index (χ0n) is 8.94. The Kier molecular flexibility index (Phi) is 1.96. The van der Waals surface area contributed by atoms with Gasteiger partial charge in [0, 0.05) is 11.8 Å². The molecule has 0 spiro atoms. The molecule has 3 nitrogen and oxygen atoms in total. The molecule has 0 fully saturated rings. The van der Waals surface area contributed by atoms with Crippen LogP contribution in [0.2, 0.25) is 0 Å². The number of hydrogen-bond donors (Lipinski definition) is 1. The molecule has 0 aliphatic carbocycles. The molecule has 0 saturated heterocycles. The molecule has 0 saturated carbocycles. The molecule has 0 bridgehead atoms. The van der Waals surface area contributed by atoms with Crippen molar-refractivity contribution in [1.82, 2.24) is 15.0 Å². The van der Waals surface area contributed by atoms with Crippen molar-refractivity contribution in [3.05, 3.63) is 48.4 Å². The lowest BCUT2D eigenvalue weighted by Crippen LogP contribution is -1.81. The molecular weight excluding hydrogens is 198 g/mol. The Balaban J connectivity index is 2.18. The maximum Gasteiger partial charge on any atom is 0.177 e. The Bertz CT molecular complexity index is 626. The monoisotopic (exact) mass is 209 g/mol. The Labute approximate surface area is 93.2 Å². The van der Waals surface area contributed by atoms with Crippen molar-refractivity contribution in [2.75, 3.05) is 0 Å². The maximum absolute atomic E-state index is 4.34. The molecule has 0 amide bonds. The molecule has 0 aliphatic heterocycles. The quantitative estimate of drug-likeness (QED) is 0.669. The summed E-state index contributed by atoms with van der Waals surface area (Å²) < 4.78 is 0. The minimum absolute atomic E-state index is 0.775. The van der Waals surface area contributed by atoms with Gasteiger partial charge in [-0.1, -0.05) is 30.3 Å². The van der Waals surface area contributed by atoms with Crippen molar-refractivity contribution in [3.8, 4) is 11.1 Å². The first-order valence-corrected chi connectivity index (χ1v) is 5.21. The number of pyridine rings is 1. The second-order valence-electron chi connectivity index (χ2n) is 3.78. The third kappa shape index (κ3) is 1.46. The summed E-state index contributed by atoms with van der Waals surface area (Å²) in [5.41, 5.74) is 4.04. The van der Waals surface area contributed by atoms with Crippen LogP contribution in [0.3, 0.4) is 0 Å². The molecule has 3 aromatic rings. The molecular formula is C13H11N3. The standard InChI is InChI=1S/C13H11N3/c1-9-15-12-7-11(8-14-13(12)16-9)10-5-3-2-4-6-10/h2-8H,1H3,(H,14,15,16). The predicted molar refractivity (Wildman–Crippen MR) is 64.1 cm³/mol. The predicted octanol–water partition coefficient (Wildman–Crippen LogP) is 2.93. The van der Waals surface area contributed by atoms with Crippen LogP contribution in [0.4, 0.5) is 0 Å². The fourth-order valence-corrected chi connectivity index (χ4v) is 1.81. The van der Waals surface area contributed by atoms with Gasteiger partial charge >= 0.3 is 0 Å². The Morgan fingerprint density at radius 3 is 2.69 bits per heavy atom. The molecule has 0 unspecified atom stereocenters. The number of aryl methyl sites for hydroxylation is 1. The van der Waals surface area contributed by atoms with E-state index in [4.69, 9.17) is 0 Å². The molecule has 78 valence electrons. The Hall–Kier alpha value is -2.16. The van der Waals surface area contributed by atoms with Crippen LogP contribution in [0.5, 0.6) is 0 Å². The van der Waals surface area contributed by atoms with Crippen molar-refractivity contribution in [1.29, 1.82) is 0 Å². The van der Waals surface area contributed by atoms with Crippen molar-refractivity contribution in [2.45, 2.75) is 6.92 Å². The SMILES string of the molecule is Cc1nc2ncc(-c3ccccc3)cc2[nH]1. The Morgan fingerprint density at radius 1 is 1.06 bits per heavy atom. The highest BCUT2D eigenvalue weighted by Gasteiger charge is 2.03. The van der Waals surface area contributed by atoms with Crippen molar-refractivity contribution in [2.24, 2.45) is 0 Å². The first kappa shape index (κ1) is 9.09. The van der Waals surface area contributed by atoms with Gasteiger partial charge in [-0.25, -0.2) is 9.97 Å². The van der Waals surface area contributed by atoms with Crippen LogP contribution in [-0.2, 0) is 0 Å². The summed E-state index contributed by atoms with van der Waals surface area (Å²) in [6.45, 7) is 1.93. The van der Waals surface area contributed by atoms with Crippen LogP contribution >= 0.6 is 0 Å². The summed E-state index contributed by atoms with van der Waals surface area (Å²) in [6.07, 6.45) is 1.86. The van der Waals surface area contributed by atoms with Gasteiger partial charge in [-0.05, 0) is 18.6 Å². The lowest BCUT2D eigenvalue weighted by Gasteiger charge is -1.99. The number of H-pyrrole nitrogens is 1. The summed E-state index contributed by atoms with van der Waals surface area (Å²) in [5, 5.41) is 0. The lowest BCUT2D eigenvalue weighted by molar-refractivity contribution is 1.16. The molecule has 0 radical (unpaired) electrons. The maximum atomic E-state index is 4.34. The molecule has 3 rings (SSSR count). The van der Waals surface area contributed by atoms with Crippen molar-refractivity contribution >= 4 is 11.2 Å². The van der Waals surface area contributed by atoms with E-state index in [1.807, 2.05) is 31.3 Å². The highest BCUT2D eigenvalue weighted by molar-refractivity contribution is 5.77. The van der Waals surface area contributed by atoms with E-state index < -0.39 is 0 Å². The molecule has 1 N–H and O–H groups in total. The number of rotatable bonds is 1. The van der Waals surface area contributed by atoms with Gasteiger partial charge < -0.3 is 4.98 Å². The number of imidazole rings is 1. The first-order chi connectivity index (χ1) is 7.83. The fourth-order valence-electron chi connectivity index (χ4n) is 1.81.